The molecule has 0 aromatic carbocycles. The van der Waals surface area contributed by atoms with Crippen molar-refractivity contribution in [1.82, 2.24) is 9.80 Å². The maximum absolute atomic E-state index is 12.9. The maximum atomic E-state index is 12.9. The third-order valence-electron chi connectivity index (χ3n) is 7.53. The van der Waals surface area contributed by atoms with Crippen LogP contribution in [0.15, 0.2) is 0 Å². The lowest BCUT2D eigenvalue weighted by atomic mass is 10.1. The quantitative estimate of drug-likeness (QED) is 0.303. The number of hydrogen-bond donors (Lipinski definition) is 2. The van der Waals surface area contributed by atoms with Crippen LogP contribution >= 0.6 is 0 Å². The Morgan fingerprint density at radius 2 is 0.879 bits per heavy atom. The topological polar surface area (TPSA) is 242 Å². The molecule has 2 rings (SSSR count). The van der Waals surface area contributed by atoms with Gasteiger partial charge in [-0.1, -0.05) is 0 Å². The second-order valence-electron chi connectivity index (χ2n) is 17.6. The molecule has 20 heteroatoms. The summed E-state index contributed by atoms with van der Waals surface area (Å²) < 4.78 is 53.3. The van der Waals surface area contributed by atoms with E-state index in [-0.39, 0.29) is 19.8 Å². The Morgan fingerprint density at radius 1 is 0.552 bits per heavy atom. The van der Waals surface area contributed by atoms with E-state index in [2.05, 4.69) is 0 Å². The van der Waals surface area contributed by atoms with Crippen LogP contribution < -0.4 is 0 Å². The summed E-state index contributed by atoms with van der Waals surface area (Å²) in [4.78, 5) is 77.6. The van der Waals surface area contributed by atoms with Crippen molar-refractivity contribution in [1.29, 1.82) is 0 Å². The predicted octanol–water partition coefficient (Wildman–Crippen LogP) is 3.73. The summed E-state index contributed by atoms with van der Waals surface area (Å²) in [6.07, 6.45) is -9.94. The monoisotopic (exact) mass is 838 g/mol. The number of amides is 4. The third-order valence-corrected chi connectivity index (χ3v) is 7.53. The second-order valence-corrected chi connectivity index (χ2v) is 17.6. The van der Waals surface area contributed by atoms with Crippen LogP contribution in [0.4, 0.5) is 19.2 Å². The number of aliphatic hydroxyl groups excluding tert-OH is 2. The minimum absolute atomic E-state index is 0.0585. The first-order chi connectivity index (χ1) is 26.3. The average molecular weight is 839 g/mol. The van der Waals surface area contributed by atoms with Gasteiger partial charge in [0.2, 0.25) is 0 Å². The minimum Gasteiger partial charge on any atom is -0.458 e. The number of hydrogen-bond acceptors (Lipinski definition) is 18. The first-order valence-corrected chi connectivity index (χ1v) is 18.8. The summed E-state index contributed by atoms with van der Waals surface area (Å²) in [7, 11) is 2.95. The number of imide groups is 2. The lowest BCUT2D eigenvalue weighted by Crippen LogP contribution is -2.54. The molecule has 0 aromatic heterocycles. The minimum atomic E-state index is -1.52. The van der Waals surface area contributed by atoms with Crippen molar-refractivity contribution in [2.24, 2.45) is 0 Å². The zero-order valence-electron chi connectivity index (χ0n) is 36.8. The van der Waals surface area contributed by atoms with Crippen molar-refractivity contribution >= 4 is 36.3 Å². The third kappa shape index (κ3) is 17.6. The molecule has 2 fully saturated rings. The summed E-state index contributed by atoms with van der Waals surface area (Å²) in [5.41, 5.74) is -3.70. The Balaban J connectivity index is 0.000000581. The van der Waals surface area contributed by atoms with Crippen molar-refractivity contribution in [3.63, 3.8) is 0 Å². The van der Waals surface area contributed by atoms with E-state index in [4.69, 9.17) is 47.4 Å². The number of rotatable bonds is 4. The number of nitrogens with zero attached hydrogens (tertiary/aromatic N) is 2. The Kier molecular flexibility index (Phi) is 19.3. The van der Waals surface area contributed by atoms with Crippen molar-refractivity contribution in [2.75, 3.05) is 40.6 Å². The molecule has 0 aromatic rings. The molecule has 4 amide bonds. The van der Waals surface area contributed by atoms with Crippen LogP contribution in [0.5, 0.6) is 0 Å². The van der Waals surface area contributed by atoms with E-state index in [1.165, 1.54) is 21.1 Å². The highest BCUT2D eigenvalue weighted by Crippen LogP contribution is 2.23. The Morgan fingerprint density at radius 3 is 1.19 bits per heavy atom. The molecule has 0 bridgehead atoms. The Hall–Kier alpha value is -3.82. The van der Waals surface area contributed by atoms with E-state index in [9.17, 15) is 39.0 Å². The van der Waals surface area contributed by atoms with Gasteiger partial charge in [-0.2, -0.15) is 9.80 Å². The number of esters is 2. The van der Waals surface area contributed by atoms with E-state index in [1.54, 1.807) is 90.0 Å². The molecule has 20 nitrogen and oxygen atoms in total. The molecule has 336 valence electrons. The van der Waals surface area contributed by atoms with Gasteiger partial charge in [-0.05, 0) is 96.9 Å². The van der Waals surface area contributed by atoms with Gasteiger partial charge in [0.05, 0.1) is 26.4 Å². The highest BCUT2D eigenvalue weighted by atomic mass is 16.6. The lowest BCUT2D eigenvalue weighted by Gasteiger charge is -2.32. The van der Waals surface area contributed by atoms with E-state index < -0.39 is 114 Å². The number of methoxy groups -OCH3 is 2. The molecule has 0 aliphatic carbocycles. The van der Waals surface area contributed by atoms with Crippen molar-refractivity contribution in [3.8, 4) is 0 Å². The summed E-state index contributed by atoms with van der Waals surface area (Å²) >= 11 is 0. The lowest BCUT2D eigenvalue weighted by molar-refractivity contribution is -0.165. The van der Waals surface area contributed by atoms with Crippen LogP contribution in [0, 0.1) is 0 Å². The van der Waals surface area contributed by atoms with Gasteiger partial charge in [0.15, 0.2) is 12.1 Å². The van der Waals surface area contributed by atoms with Gasteiger partial charge in [-0.25, -0.2) is 28.8 Å². The van der Waals surface area contributed by atoms with E-state index in [0.29, 0.717) is 9.80 Å². The van der Waals surface area contributed by atoms with Gasteiger partial charge in [-0.15, -0.1) is 0 Å². The molecule has 2 aliphatic rings. The molecule has 2 N–H and O–H groups in total. The number of aliphatic hydroxyl groups is 2. The number of ether oxygens (including phenoxy) is 10. The smallest absolute Gasteiger partial charge is 0.420 e. The molecule has 0 saturated carbocycles. The van der Waals surface area contributed by atoms with Crippen molar-refractivity contribution in [2.45, 2.75) is 168 Å². The Bertz CT molecular complexity index is 1340. The van der Waals surface area contributed by atoms with Gasteiger partial charge >= 0.3 is 36.3 Å². The molecule has 0 unspecified atom stereocenters. The zero-order chi connectivity index (χ0) is 45.1. The normalized spacial score (nSPS) is 26.4. The van der Waals surface area contributed by atoms with Gasteiger partial charge in [0, 0.05) is 14.2 Å². The molecule has 2 aliphatic heterocycles. The summed E-state index contributed by atoms with van der Waals surface area (Å²) in [5, 5.41) is 19.8. The summed E-state index contributed by atoms with van der Waals surface area (Å²) in [5.74, 6) is -1.85. The van der Waals surface area contributed by atoms with Crippen LogP contribution in [0.25, 0.3) is 0 Å². The number of carbonyl (C=O) groups is 6. The fraction of sp³-hybridized carbons (Fsp3) is 0.842. The van der Waals surface area contributed by atoms with Gasteiger partial charge in [-0.3, -0.25) is 0 Å². The van der Waals surface area contributed by atoms with E-state index >= 15 is 0 Å². The molecular weight excluding hydrogens is 772 g/mol. The summed E-state index contributed by atoms with van der Waals surface area (Å²) in [6.45, 7) is 21.4. The van der Waals surface area contributed by atoms with Crippen LogP contribution in [0.1, 0.15) is 96.9 Å². The van der Waals surface area contributed by atoms with E-state index in [1.807, 2.05) is 0 Å². The highest BCUT2D eigenvalue weighted by Gasteiger charge is 2.45. The van der Waals surface area contributed by atoms with Gasteiger partial charge in [0.1, 0.15) is 59.0 Å². The molecule has 0 spiro atoms. The molecule has 0 radical (unpaired) electrons. The first kappa shape index (κ1) is 52.2. The fourth-order valence-corrected chi connectivity index (χ4v) is 5.01. The number of cyclic esters (lactones) is 2. The molecule has 58 heavy (non-hydrogen) atoms. The second kappa shape index (κ2) is 21.4. The average Bonchev–Trinajstić information content (AvgIpc) is 3.10. The number of carbonyl (C=O) groups excluding carboxylic acids is 6. The first-order valence-electron chi connectivity index (χ1n) is 18.8. The van der Waals surface area contributed by atoms with Crippen molar-refractivity contribution < 1.29 is 86.3 Å². The summed E-state index contributed by atoms with van der Waals surface area (Å²) in [6, 6.07) is -2.94. The van der Waals surface area contributed by atoms with E-state index in [0.717, 1.165) is 0 Å². The molecule has 2 heterocycles. The molecular formula is C38H66N2O18. The largest absolute Gasteiger partial charge is 0.458 e. The predicted molar refractivity (Wildman–Crippen MR) is 203 cm³/mol. The SMILES string of the molecule is CO[C@H]1[C@H](C)OC(=O)[C@@H](N(C(=O)OC(C)(C)C)C(=O)OC(C)(C)C)COC[C@@H]1OC.C[C@@H]1OC(=O)[C@@H](N(C(=O)OC(C)(C)C)C(=O)OC(C)(C)C)COC[C@H](O)[C@H]1O. The zero-order valence-corrected chi connectivity index (χ0v) is 36.8. The molecule has 8 atom stereocenters. The Labute approximate surface area is 340 Å². The fourth-order valence-electron chi connectivity index (χ4n) is 5.01. The van der Waals surface area contributed by atoms with Crippen molar-refractivity contribution in [3.05, 3.63) is 0 Å². The van der Waals surface area contributed by atoms with Crippen LogP contribution in [0.2, 0.25) is 0 Å². The van der Waals surface area contributed by atoms with Gasteiger partial charge in [0.25, 0.3) is 0 Å². The van der Waals surface area contributed by atoms with Crippen LogP contribution in [-0.4, -0.2) is 168 Å². The maximum Gasteiger partial charge on any atom is 0.420 e. The van der Waals surface area contributed by atoms with Crippen LogP contribution in [-0.2, 0) is 57.0 Å². The molecule has 2 saturated heterocycles. The van der Waals surface area contributed by atoms with Crippen LogP contribution in [0.3, 0.4) is 0 Å². The standard InChI is InChI=1S/C20H35NO9.C18H31NO9/c1-12-15(26-9)14(25-8)11-27-10-13(16(22)28-12)21(17(23)29-19(2,3)4)18(24)30-20(5,6)7;1-10-13(21)12(20)9-25-8-11(14(22)26-10)19(15(23)27-17(2,3)4)16(24)28-18(5,6)7/h12-15H,10-11H2,1-9H3;10-13,20-21H,8-9H2,1-7H3/t12-,13-,14-,15-;10-,11-,12-,13-/m00/s1. The highest BCUT2D eigenvalue weighted by molar-refractivity contribution is 5.95. The van der Waals surface area contributed by atoms with Gasteiger partial charge < -0.3 is 57.6 Å².